The predicted octanol–water partition coefficient (Wildman–Crippen LogP) is 0.453. The maximum Gasteiger partial charge on any atom is 0.278 e. The molecule has 0 unspecified atom stereocenters. The van der Waals surface area contributed by atoms with Gasteiger partial charge in [-0.1, -0.05) is 6.42 Å². The normalized spacial score (nSPS) is 24.5. The number of hydrogen-bond acceptors (Lipinski definition) is 4. The highest BCUT2D eigenvalue weighted by Crippen LogP contribution is 2.36. The van der Waals surface area contributed by atoms with Crippen LogP contribution in [0.15, 0.2) is 17.4 Å². The number of rotatable bonds is 2. The minimum atomic E-state index is -0.215. The van der Waals surface area contributed by atoms with Crippen molar-refractivity contribution < 1.29 is 5.11 Å². The molecule has 3 rings (SSSR count). The molecule has 1 fully saturated rings. The first-order valence-electron chi connectivity index (χ1n) is 5.82. The van der Waals surface area contributed by atoms with Crippen LogP contribution in [0.4, 0.5) is 0 Å². The Labute approximate surface area is 97.3 Å². The van der Waals surface area contributed by atoms with Gasteiger partial charge >= 0.3 is 0 Å². The first-order chi connectivity index (χ1) is 8.31. The minimum Gasteiger partial charge on any atom is -0.396 e. The molecule has 2 N–H and O–H groups in total. The SMILES string of the molecule is O=c1[nH]cnc2c1ncn2[C@@H]1CCC[C@H]1CO. The Morgan fingerprint density at radius 1 is 1.47 bits per heavy atom. The van der Waals surface area contributed by atoms with Gasteiger partial charge in [-0.25, -0.2) is 9.97 Å². The van der Waals surface area contributed by atoms with E-state index in [9.17, 15) is 9.90 Å². The van der Waals surface area contributed by atoms with Crippen molar-refractivity contribution in [1.82, 2.24) is 19.5 Å². The molecule has 17 heavy (non-hydrogen) atoms. The number of fused-ring (bicyclic) bond motifs is 1. The smallest absolute Gasteiger partial charge is 0.278 e. The second-order valence-electron chi connectivity index (χ2n) is 4.50. The number of hydrogen-bond donors (Lipinski definition) is 2. The summed E-state index contributed by atoms with van der Waals surface area (Å²) in [5.41, 5.74) is 0.766. The fraction of sp³-hybridized carbons (Fsp3) is 0.545. The van der Waals surface area contributed by atoms with E-state index in [1.54, 1.807) is 6.33 Å². The lowest BCUT2D eigenvalue weighted by molar-refractivity contribution is 0.197. The van der Waals surface area contributed by atoms with Crippen molar-refractivity contribution in [2.75, 3.05) is 6.61 Å². The number of nitrogens with zero attached hydrogens (tertiary/aromatic N) is 3. The van der Waals surface area contributed by atoms with Gasteiger partial charge in [0.2, 0.25) is 0 Å². The predicted molar refractivity (Wildman–Crippen MR) is 61.6 cm³/mol. The first-order valence-corrected chi connectivity index (χ1v) is 5.82. The molecule has 90 valence electrons. The van der Waals surface area contributed by atoms with E-state index in [0.29, 0.717) is 11.2 Å². The third kappa shape index (κ3) is 1.56. The Hall–Kier alpha value is -1.69. The maximum atomic E-state index is 11.5. The molecule has 0 radical (unpaired) electrons. The van der Waals surface area contributed by atoms with Gasteiger partial charge < -0.3 is 14.7 Å². The molecule has 0 spiro atoms. The van der Waals surface area contributed by atoms with Crippen LogP contribution in [-0.2, 0) is 0 Å². The van der Waals surface area contributed by atoms with E-state index >= 15 is 0 Å². The monoisotopic (exact) mass is 234 g/mol. The van der Waals surface area contributed by atoms with Crippen molar-refractivity contribution >= 4 is 11.2 Å². The first kappa shape index (κ1) is 10.5. The summed E-state index contributed by atoms with van der Waals surface area (Å²) in [6.07, 6.45) is 6.17. The van der Waals surface area contributed by atoms with E-state index in [4.69, 9.17) is 0 Å². The Balaban J connectivity index is 2.12. The van der Waals surface area contributed by atoms with E-state index < -0.39 is 0 Å². The van der Waals surface area contributed by atoms with Gasteiger partial charge in [-0.3, -0.25) is 4.79 Å². The summed E-state index contributed by atoms with van der Waals surface area (Å²) in [5, 5.41) is 9.34. The number of H-pyrrole nitrogens is 1. The highest BCUT2D eigenvalue weighted by atomic mass is 16.3. The summed E-state index contributed by atoms with van der Waals surface area (Å²) in [6, 6.07) is 0.208. The summed E-state index contributed by atoms with van der Waals surface area (Å²) < 4.78 is 1.93. The molecule has 6 heteroatoms. The Morgan fingerprint density at radius 3 is 3.18 bits per heavy atom. The lowest BCUT2D eigenvalue weighted by atomic mass is 10.1. The van der Waals surface area contributed by atoms with Gasteiger partial charge in [0.25, 0.3) is 5.56 Å². The second kappa shape index (κ2) is 3.96. The van der Waals surface area contributed by atoms with Crippen LogP contribution < -0.4 is 5.56 Å². The van der Waals surface area contributed by atoms with E-state index in [-0.39, 0.29) is 24.1 Å². The minimum absolute atomic E-state index is 0.174. The number of aliphatic hydroxyl groups is 1. The Bertz CT molecular complexity index is 588. The van der Waals surface area contributed by atoms with E-state index in [2.05, 4.69) is 15.0 Å². The molecule has 0 amide bonds. The lowest BCUT2D eigenvalue weighted by Crippen LogP contribution is -2.17. The van der Waals surface area contributed by atoms with Crippen molar-refractivity contribution in [3.8, 4) is 0 Å². The van der Waals surface area contributed by atoms with Crippen LogP contribution in [0.5, 0.6) is 0 Å². The van der Waals surface area contributed by atoms with Gasteiger partial charge in [0.15, 0.2) is 11.2 Å². The molecule has 1 aliphatic carbocycles. The molecule has 6 nitrogen and oxygen atoms in total. The fourth-order valence-corrected chi connectivity index (χ4v) is 2.70. The zero-order valence-corrected chi connectivity index (χ0v) is 9.33. The van der Waals surface area contributed by atoms with Crippen molar-refractivity contribution in [3.05, 3.63) is 23.0 Å². The largest absolute Gasteiger partial charge is 0.396 e. The molecule has 0 aliphatic heterocycles. The summed E-state index contributed by atoms with van der Waals surface area (Å²) in [5.74, 6) is 0.244. The molecular formula is C11H14N4O2. The zero-order valence-electron chi connectivity index (χ0n) is 9.33. The maximum absolute atomic E-state index is 11.5. The molecular weight excluding hydrogens is 220 g/mol. The molecule has 2 heterocycles. The van der Waals surface area contributed by atoms with E-state index in [0.717, 1.165) is 19.3 Å². The third-order valence-corrected chi connectivity index (χ3v) is 3.58. The molecule has 2 aromatic heterocycles. The number of nitrogens with one attached hydrogen (secondary N) is 1. The molecule has 2 aromatic rings. The third-order valence-electron chi connectivity index (χ3n) is 3.58. The molecule has 0 aromatic carbocycles. The topological polar surface area (TPSA) is 83.8 Å². The molecule has 0 bridgehead atoms. The summed E-state index contributed by atoms with van der Waals surface area (Å²) in [4.78, 5) is 22.3. The van der Waals surface area contributed by atoms with Gasteiger partial charge in [0.1, 0.15) is 0 Å². The molecule has 1 saturated carbocycles. The van der Waals surface area contributed by atoms with E-state index in [1.165, 1.54) is 6.33 Å². The Morgan fingerprint density at radius 2 is 2.35 bits per heavy atom. The van der Waals surface area contributed by atoms with Crippen molar-refractivity contribution in [2.45, 2.75) is 25.3 Å². The van der Waals surface area contributed by atoms with Crippen molar-refractivity contribution in [3.63, 3.8) is 0 Å². The van der Waals surface area contributed by atoms with Crippen LogP contribution in [0.1, 0.15) is 25.3 Å². The molecule has 2 atom stereocenters. The summed E-state index contributed by atoms with van der Waals surface area (Å²) in [6.45, 7) is 0.174. The number of aromatic nitrogens is 4. The van der Waals surface area contributed by atoms with Crippen LogP contribution in [0.3, 0.4) is 0 Å². The van der Waals surface area contributed by atoms with Gasteiger partial charge in [-0.2, -0.15) is 0 Å². The average Bonchev–Trinajstić information content (AvgIpc) is 2.94. The van der Waals surface area contributed by atoms with Crippen LogP contribution >= 0.6 is 0 Å². The molecule has 0 saturated heterocycles. The standard InChI is InChI=1S/C11H14N4O2/c16-4-7-2-1-3-8(7)15-6-14-9-10(15)12-5-13-11(9)17/h5-8,16H,1-4H2,(H,12,13,17)/t7-,8+/m0/s1. The summed E-state index contributed by atoms with van der Waals surface area (Å²) >= 11 is 0. The zero-order chi connectivity index (χ0) is 11.8. The average molecular weight is 234 g/mol. The second-order valence-corrected chi connectivity index (χ2v) is 4.50. The number of aliphatic hydroxyl groups excluding tert-OH is 1. The van der Waals surface area contributed by atoms with Gasteiger partial charge in [-0.15, -0.1) is 0 Å². The quantitative estimate of drug-likeness (QED) is 0.790. The van der Waals surface area contributed by atoms with Crippen LogP contribution in [0.2, 0.25) is 0 Å². The number of imidazole rings is 1. The van der Waals surface area contributed by atoms with Gasteiger partial charge in [0, 0.05) is 18.6 Å². The van der Waals surface area contributed by atoms with Gasteiger partial charge in [0.05, 0.1) is 12.7 Å². The highest BCUT2D eigenvalue weighted by molar-refractivity contribution is 5.68. The van der Waals surface area contributed by atoms with Crippen LogP contribution in [0, 0.1) is 5.92 Å². The Kier molecular flexibility index (Phi) is 2.44. The van der Waals surface area contributed by atoms with Gasteiger partial charge in [-0.05, 0) is 12.8 Å². The fourth-order valence-electron chi connectivity index (χ4n) is 2.70. The highest BCUT2D eigenvalue weighted by Gasteiger charge is 2.29. The van der Waals surface area contributed by atoms with Crippen LogP contribution in [0.25, 0.3) is 11.2 Å². The summed E-state index contributed by atoms with van der Waals surface area (Å²) in [7, 11) is 0. The van der Waals surface area contributed by atoms with Crippen molar-refractivity contribution in [2.24, 2.45) is 5.92 Å². The lowest BCUT2D eigenvalue weighted by Gasteiger charge is -2.18. The van der Waals surface area contributed by atoms with E-state index in [1.807, 2.05) is 4.57 Å². The molecule has 1 aliphatic rings. The van der Waals surface area contributed by atoms with Crippen LogP contribution in [-0.4, -0.2) is 31.2 Å². The number of aromatic amines is 1. The van der Waals surface area contributed by atoms with Crippen molar-refractivity contribution in [1.29, 1.82) is 0 Å².